The topological polar surface area (TPSA) is 95.8 Å². The van der Waals surface area contributed by atoms with Crippen molar-refractivity contribution in [1.82, 2.24) is 19.7 Å². The first-order chi connectivity index (χ1) is 11.3. The zero-order chi connectivity index (χ0) is 17.9. The van der Waals surface area contributed by atoms with E-state index in [4.69, 9.17) is 4.52 Å². The fraction of sp³-hybridized carbons (Fsp3) is 0.600. The first-order valence-electron chi connectivity index (χ1n) is 7.84. The maximum Gasteiger partial charge on any atom is 0.248 e. The van der Waals surface area contributed by atoms with E-state index >= 15 is 0 Å². The van der Waals surface area contributed by atoms with Crippen molar-refractivity contribution < 1.29 is 17.7 Å². The van der Waals surface area contributed by atoms with Crippen molar-refractivity contribution in [3.05, 3.63) is 24.1 Å². The molecule has 1 aromatic heterocycles. The van der Waals surface area contributed by atoms with E-state index in [9.17, 15) is 13.2 Å². The number of nitrogens with one attached hydrogen (secondary N) is 1. The Labute approximate surface area is 142 Å². The van der Waals surface area contributed by atoms with Gasteiger partial charge in [-0.1, -0.05) is 11.2 Å². The molecule has 1 fully saturated rings. The Kier molecular flexibility index (Phi) is 5.79. The predicted molar refractivity (Wildman–Crippen MR) is 89.0 cm³/mol. The van der Waals surface area contributed by atoms with Crippen LogP contribution in [0.15, 0.2) is 22.1 Å². The van der Waals surface area contributed by atoms with Crippen LogP contribution in [-0.2, 0) is 14.8 Å². The second kappa shape index (κ2) is 7.45. The van der Waals surface area contributed by atoms with Crippen LogP contribution < -0.4 is 5.32 Å². The van der Waals surface area contributed by atoms with Crippen molar-refractivity contribution in [1.29, 1.82) is 0 Å². The molecule has 0 aliphatic carbocycles. The Balaban J connectivity index is 2.02. The van der Waals surface area contributed by atoms with Gasteiger partial charge in [0.2, 0.25) is 15.9 Å². The Morgan fingerprint density at radius 1 is 1.38 bits per heavy atom. The lowest BCUT2D eigenvalue weighted by Crippen LogP contribution is -2.54. The molecule has 2 heterocycles. The monoisotopic (exact) mass is 356 g/mol. The molecular weight excluding hydrogens is 332 g/mol. The summed E-state index contributed by atoms with van der Waals surface area (Å²) < 4.78 is 31.9. The zero-order valence-electron chi connectivity index (χ0n) is 14.3. The first-order valence-corrected chi connectivity index (χ1v) is 9.28. The molecule has 1 amide bonds. The number of nitrogens with zero attached hydrogens (tertiary/aromatic N) is 3. The molecule has 0 saturated carbocycles. The number of carbonyl (C=O) groups excluding carboxylic acids is 1. The summed E-state index contributed by atoms with van der Waals surface area (Å²) in [5, 5.41) is 6.48. The van der Waals surface area contributed by atoms with E-state index in [0.717, 1.165) is 0 Å². The molecule has 1 N–H and O–H groups in total. The van der Waals surface area contributed by atoms with E-state index in [0.29, 0.717) is 44.2 Å². The molecule has 0 aromatic carbocycles. The number of rotatable bonds is 6. The van der Waals surface area contributed by atoms with E-state index in [2.05, 4.69) is 17.1 Å². The van der Waals surface area contributed by atoms with Crippen molar-refractivity contribution in [3.8, 4) is 0 Å². The highest BCUT2D eigenvalue weighted by Gasteiger charge is 2.34. The van der Waals surface area contributed by atoms with E-state index in [1.807, 2.05) is 11.8 Å². The van der Waals surface area contributed by atoms with Gasteiger partial charge in [0, 0.05) is 32.7 Å². The number of hydrogen-bond acceptors (Lipinski definition) is 6. The average molecular weight is 356 g/mol. The Morgan fingerprint density at radius 2 is 2.00 bits per heavy atom. The van der Waals surface area contributed by atoms with Crippen LogP contribution >= 0.6 is 0 Å². The van der Waals surface area contributed by atoms with Crippen molar-refractivity contribution in [2.45, 2.75) is 31.7 Å². The molecule has 2 rings (SSSR count). The highest BCUT2D eigenvalue weighted by atomic mass is 32.2. The van der Waals surface area contributed by atoms with E-state index in [1.165, 1.54) is 4.31 Å². The lowest BCUT2D eigenvalue weighted by Gasteiger charge is -2.36. The molecule has 1 aliphatic heterocycles. The number of hydrogen-bond donors (Lipinski definition) is 1. The van der Waals surface area contributed by atoms with Gasteiger partial charge in [-0.15, -0.1) is 6.58 Å². The molecule has 1 aliphatic rings. The minimum Gasteiger partial charge on any atom is -0.360 e. The summed E-state index contributed by atoms with van der Waals surface area (Å²) in [6.45, 7) is 10.6. The number of piperazine rings is 1. The molecule has 0 bridgehead atoms. The second-order valence-corrected chi connectivity index (χ2v) is 7.68. The lowest BCUT2D eigenvalue weighted by atomic mass is 10.2. The van der Waals surface area contributed by atoms with Crippen molar-refractivity contribution in [2.75, 3.05) is 32.7 Å². The van der Waals surface area contributed by atoms with Crippen LogP contribution in [0.1, 0.15) is 18.4 Å². The van der Waals surface area contributed by atoms with Crippen LogP contribution in [0.4, 0.5) is 0 Å². The highest BCUT2D eigenvalue weighted by Crippen LogP contribution is 2.24. The minimum atomic E-state index is -3.63. The standard InChI is InChI=1S/C15H24N4O4S/c1-5-6-16-15(20)12(3)18-7-9-19(10-8-18)24(21,22)14-11(2)17-23-13(14)4/h5,12H,1,6-10H2,2-4H3,(H,16,20). The summed E-state index contributed by atoms with van der Waals surface area (Å²) in [5.41, 5.74) is 0.368. The van der Waals surface area contributed by atoms with Crippen LogP contribution in [-0.4, -0.2) is 67.5 Å². The number of aryl methyl sites for hydroxylation is 2. The van der Waals surface area contributed by atoms with Crippen molar-refractivity contribution >= 4 is 15.9 Å². The minimum absolute atomic E-state index is 0.0862. The van der Waals surface area contributed by atoms with E-state index in [-0.39, 0.29) is 16.8 Å². The van der Waals surface area contributed by atoms with Crippen LogP contribution in [0.3, 0.4) is 0 Å². The van der Waals surface area contributed by atoms with Gasteiger partial charge >= 0.3 is 0 Å². The first kappa shape index (κ1) is 18.6. The predicted octanol–water partition coefficient (Wildman–Crippen LogP) is 0.288. The molecule has 9 heteroatoms. The Bertz CT molecular complexity index is 686. The Morgan fingerprint density at radius 3 is 2.50 bits per heavy atom. The van der Waals surface area contributed by atoms with E-state index < -0.39 is 10.0 Å². The summed E-state index contributed by atoms with van der Waals surface area (Å²) in [6.07, 6.45) is 1.62. The molecular formula is C15H24N4O4S. The Hall–Kier alpha value is -1.71. The molecule has 1 saturated heterocycles. The summed E-state index contributed by atoms with van der Waals surface area (Å²) >= 11 is 0. The molecule has 1 atom stereocenters. The lowest BCUT2D eigenvalue weighted by molar-refractivity contribution is -0.126. The van der Waals surface area contributed by atoms with Gasteiger partial charge in [-0.2, -0.15) is 4.31 Å². The summed E-state index contributed by atoms with van der Waals surface area (Å²) in [6, 6.07) is -0.311. The van der Waals surface area contributed by atoms with E-state index in [1.54, 1.807) is 19.9 Å². The van der Waals surface area contributed by atoms with Gasteiger partial charge in [0.1, 0.15) is 10.6 Å². The largest absolute Gasteiger partial charge is 0.360 e. The zero-order valence-corrected chi connectivity index (χ0v) is 15.1. The van der Waals surface area contributed by atoms with Crippen LogP contribution in [0, 0.1) is 13.8 Å². The molecule has 1 unspecified atom stereocenters. The third-order valence-corrected chi connectivity index (χ3v) is 6.33. The molecule has 0 spiro atoms. The summed E-state index contributed by atoms with van der Waals surface area (Å²) in [7, 11) is -3.63. The van der Waals surface area contributed by atoms with Crippen molar-refractivity contribution in [3.63, 3.8) is 0 Å². The maximum absolute atomic E-state index is 12.8. The molecule has 0 radical (unpaired) electrons. The van der Waals surface area contributed by atoms with Crippen molar-refractivity contribution in [2.24, 2.45) is 0 Å². The van der Waals surface area contributed by atoms with Gasteiger partial charge in [0.05, 0.1) is 6.04 Å². The molecule has 1 aromatic rings. The molecule has 8 nitrogen and oxygen atoms in total. The third-order valence-electron chi connectivity index (χ3n) is 4.19. The summed E-state index contributed by atoms with van der Waals surface area (Å²) in [4.78, 5) is 14.1. The maximum atomic E-state index is 12.8. The number of amides is 1. The van der Waals surface area contributed by atoms with Crippen LogP contribution in [0.5, 0.6) is 0 Å². The van der Waals surface area contributed by atoms with Crippen LogP contribution in [0.2, 0.25) is 0 Å². The smallest absolute Gasteiger partial charge is 0.248 e. The number of aromatic nitrogens is 1. The number of sulfonamides is 1. The van der Waals surface area contributed by atoms with Crippen LogP contribution in [0.25, 0.3) is 0 Å². The number of carbonyl (C=O) groups is 1. The van der Waals surface area contributed by atoms with Gasteiger partial charge in [0.25, 0.3) is 0 Å². The highest BCUT2D eigenvalue weighted by molar-refractivity contribution is 7.89. The second-order valence-electron chi connectivity index (χ2n) is 5.80. The van der Waals surface area contributed by atoms with Gasteiger partial charge in [-0.3, -0.25) is 9.69 Å². The molecule has 134 valence electrons. The fourth-order valence-corrected chi connectivity index (χ4v) is 4.50. The fourth-order valence-electron chi connectivity index (χ4n) is 2.79. The van der Waals surface area contributed by atoms with Gasteiger partial charge in [-0.05, 0) is 20.8 Å². The summed E-state index contributed by atoms with van der Waals surface area (Å²) in [5.74, 6) is 0.212. The van der Waals surface area contributed by atoms with Gasteiger partial charge in [-0.25, -0.2) is 8.42 Å². The SMILES string of the molecule is C=CCNC(=O)C(C)N1CCN(S(=O)(=O)c2c(C)noc2C)CC1. The average Bonchev–Trinajstić information content (AvgIpc) is 2.91. The molecule has 24 heavy (non-hydrogen) atoms. The van der Waals surface area contributed by atoms with Gasteiger partial charge in [0.15, 0.2) is 5.76 Å². The third kappa shape index (κ3) is 3.68. The quantitative estimate of drug-likeness (QED) is 0.736. The van der Waals surface area contributed by atoms with Gasteiger partial charge < -0.3 is 9.84 Å². The normalized spacial score (nSPS) is 18.3.